The van der Waals surface area contributed by atoms with Gasteiger partial charge in [0.05, 0.1) is 0 Å². The van der Waals surface area contributed by atoms with Crippen molar-refractivity contribution in [2.24, 2.45) is 0 Å². The Labute approximate surface area is 81.9 Å². The standard InChI is InChI=1S/C11H21NO/c1-5-8-12(7-3)9-10-13-11(4)6-2/h6H,2,4-5,7-10H2,1,3H3. The third-order valence-corrected chi connectivity index (χ3v) is 1.91. The number of likely N-dealkylation sites (N-methyl/N-ethyl adjacent to an activating group) is 1. The quantitative estimate of drug-likeness (QED) is 0.423. The minimum Gasteiger partial charge on any atom is -0.493 e. The van der Waals surface area contributed by atoms with Crippen LogP contribution in [0.5, 0.6) is 0 Å². The molecule has 13 heavy (non-hydrogen) atoms. The van der Waals surface area contributed by atoms with Gasteiger partial charge in [-0.1, -0.05) is 27.0 Å². The molecule has 0 aliphatic heterocycles. The van der Waals surface area contributed by atoms with Crippen molar-refractivity contribution < 1.29 is 4.74 Å². The Morgan fingerprint density at radius 2 is 2.08 bits per heavy atom. The predicted octanol–water partition coefficient (Wildman–Crippen LogP) is 2.43. The summed E-state index contributed by atoms with van der Waals surface area (Å²) in [6.45, 7) is 15.5. The predicted molar refractivity (Wildman–Crippen MR) is 57.7 cm³/mol. The van der Waals surface area contributed by atoms with Gasteiger partial charge < -0.3 is 9.64 Å². The summed E-state index contributed by atoms with van der Waals surface area (Å²) in [5.74, 6) is 0.660. The van der Waals surface area contributed by atoms with Crippen LogP contribution in [0.25, 0.3) is 0 Å². The molecule has 0 atom stereocenters. The van der Waals surface area contributed by atoms with E-state index < -0.39 is 0 Å². The van der Waals surface area contributed by atoms with Crippen LogP contribution in [0.15, 0.2) is 25.0 Å². The summed E-state index contributed by atoms with van der Waals surface area (Å²) < 4.78 is 5.32. The molecular formula is C11H21NO. The molecule has 0 aliphatic carbocycles. The van der Waals surface area contributed by atoms with Crippen LogP contribution in [0, 0.1) is 0 Å². The molecule has 0 radical (unpaired) electrons. The lowest BCUT2D eigenvalue weighted by atomic mass is 10.4. The first-order valence-electron chi connectivity index (χ1n) is 4.91. The second-order valence-corrected chi connectivity index (χ2v) is 2.95. The lowest BCUT2D eigenvalue weighted by molar-refractivity contribution is 0.169. The second-order valence-electron chi connectivity index (χ2n) is 2.95. The highest BCUT2D eigenvalue weighted by Crippen LogP contribution is 1.96. The SMILES string of the molecule is C=CC(=C)OCCN(CC)CCC. The number of allylic oxidation sites excluding steroid dienone is 1. The summed E-state index contributed by atoms with van der Waals surface area (Å²) in [5, 5.41) is 0. The summed E-state index contributed by atoms with van der Waals surface area (Å²) in [7, 11) is 0. The third kappa shape index (κ3) is 6.41. The van der Waals surface area contributed by atoms with E-state index in [0.717, 1.165) is 19.6 Å². The Hall–Kier alpha value is -0.760. The van der Waals surface area contributed by atoms with Gasteiger partial charge in [0.15, 0.2) is 0 Å². The zero-order chi connectivity index (χ0) is 10.1. The summed E-state index contributed by atoms with van der Waals surface area (Å²) in [6, 6.07) is 0. The minimum absolute atomic E-state index is 0.660. The van der Waals surface area contributed by atoms with Crippen molar-refractivity contribution in [3.63, 3.8) is 0 Å². The van der Waals surface area contributed by atoms with Crippen molar-refractivity contribution in [2.45, 2.75) is 20.3 Å². The molecule has 0 aromatic rings. The highest BCUT2D eigenvalue weighted by molar-refractivity contribution is 5.01. The molecule has 0 spiro atoms. The Morgan fingerprint density at radius 3 is 2.54 bits per heavy atom. The van der Waals surface area contributed by atoms with Crippen LogP contribution in [0.2, 0.25) is 0 Å². The molecule has 0 unspecified atom stereocenters. The first-order chi connectivity index (χ1) is 6.24. The largest absolute Gasteiger partial charge is 0.493 e. The molecule has 0 heterocycles. The van der Waals surface area contributed by atoms with E-state index in [0.29, 0.717) is 12.4 Å². The van der Waals surface area contributed by atoms with Gasteiger partial charge in [-0.2, -0.15) is 0 Å². The van der Waals surface area contributed by atoms with Crippen LogP contribution in [0.4, 0.5) is 0 Å². The lowest BCUT2D eigenvalue weighted by Crippen LogP contribution is -2.27. The summed E-state index contributed by atoms with van der Waals surface area (Å²) in [4.78, 5) is 2.36. The van der Waals surface area contributed by atoms with Gasteiger partial charge in [0.1, 0.15) is 12.4 Å². The van der Waals surface area contributed by atoms with Gasteiger partial charge in [-0.25, -0.2) is 0 Å². The molecule has 0 saturated carbocycles. The first kappa shape index (κ1) is 12.2. The summed E-state index contributed by atoms with van der Waals surface area (Å²) in [6.07, 6.45) is 2.83. The summed E-state index contributed by atoms with van der Waals surface area (Å²) >= 11 is 0. The fourth-order valence-electron chi connectivity index (χ4n) is 1.11. The van der Waals surface area contributed by atoms with Crippen molar-refractivity contribution in [3.8, 4) is 0 Å². The van der Waals surface area contributed by atoms with Gasteiger partial charge in [0.2, 0.25) is 0 Å². The van der Waals surface area contributed by atoms with Crippen molar-refractivity contribution in [1.82, 2.24) is 4.90 Å². The molecule has 0 saturated heterocycles. The van der Waals surface area contributed by atoms with Gasteiger partial charge in [-0.05, 0) is 25.6 Å². The molecular weight excluding hydrogens is 162 g/mol. The van der Waals surface area contributed by atoms with Crippen LogP contribution >= 0.6 is 0 Å². The molecule has 0 amide bonds. The van der Waals surface area contributed by atoms with Gasteiger partial charge in [0.25, 0.3) is 0 Å². The number of hydrogen-bond donors (Lipinski definition) is 0. The normalized spacial score (nSPS) is 10.1. The van der Waals surface area contributed by atoms with Gasteiger partial charge in [-0.3, -0.25) is 0 Å². The highest BCUT2D eigenvalue weighted by Gasteiger charge is 1.99. The molecule has 2 heteroatoms. The summed E-state index contributed by atoms with van der Waals surface area (Å²) in [5.41, 5.74) is 0. The maximum Gasteiger partial charge on any atom is 0.111 e. The minimum atomic E-state index is 0.660. The van der Waals surface area contributed by atoms with Crippen molar-refractivity contribution in [2.75, 3.05) is 26.2 Å². The van der Waals surface area contributed by atoms with Gasteiger partial charge in [0, 0.05) is 6.54 Å². The molecule has 0 bridgehead atoms. The van der Waals surface area contributed by atoms with E-state index >= 15 is 0 Å². The molecule has 0 N–H and O–H groups in total. The maximum atomic E-state index is 5.32. The van der Waals surface area contributed by atoms with E-state index in [1.165, 1.54) is 6.42 Å². The van der Waals surface area contributed by atoms with Crippen molar-refractivity contribution in [3.05, 3.63) is 25.0 Å². The fourth-order valence-corrected chi connectivity index (χ4v) is 1.11. The Kier molecular flexibility index (Phi) is 7.41. The Morgan fingerprint density at radius 1 is 1.38 bits per heavy atom. The van der Waals surface area contributed by atoms with Crippen LogP contribution in [-0.4, -0.2) is 31.1 Å². The van der Waals surface area contributed by atoms with Gasteiger partial charge >= 0.3 is 0 Å². The second kappa shape index (κ2) is 7.87. The van der Waals surface area contributed by atoms with E-state index in [1.807, 2.05) is 0 Å². The number of nitrogens with zero attached hydrogens (tertiary/aromatic N) is 1. The molecule has 0 rings (SSSR count). The average molecular weight is 183 g/mol. The smallest absolute Gasteiger partial charge is 0.111 e. The highest BCUT2D eigenvalue weighted by atomic mass is 16.5. The van der Waals surface area contributed by atoms with Crippen LogP contribution in [0.3, 0.4) is 0 Å². The molecule has 76 valence electrons. The zero-order valence-electron chi connectivity index (χ0n) is 8.88. The average Bonchev–Trinajstić information content (AvgIpc) is 2.16. The molecule has 2 nitrogen and oxygen atoms in total. The van der Waals surface area contributed by atoms with E-state index in [1.54, 1.807) is 6.08 Å². The maximum absolute atomic E-state index is 5.32. The molecule has 0 fully saturated rings. The van der Waals surface area contributed by atoms with E-state index in [2.05, 4.69) is 31.9 Å². The van der Waals surface area contributed by atoms with Crippen molar-refractivity contribution >= 4 is 0 Å². The Bertz CT molecular complexity index is 154. The third-order valence-electron chi connectivity index (χ3n) is 1.91. The molecule has 0 aromatic carbocycles. The topological polar surface area (TPSA) is 12.5 Å². The fraction of sp³-hybridized carbons (Fsp3) is 0.636. The monoisotopic (exact) mass is 183 g/mol. The van der Waals surface area contributed by atoms with Gasteiger partial charge in [-0.15, -0.1) is 0 Å². The lowest BCUT2D eigenvalue weighted by Gasteiger charge is -2.19. The van der Waals surface area contributed by atoms with E-state index in [-0.39, 0.29) is 0 Å². The van der Waals surface area contributed by atoms with Crippen LogP contribution in [-0.2, 0) is 4.74 Å². The van der Waals surface area contributed by atoms with Crippen molar-refractivity contribution in [1.29, 1.82) is 0 Å². The molecule has 0 aliphatic rings. The number of rotatable bonds is 8. The number of ether oxygens (including phenoxy) is 1. The van der Waals surface area contributed by atoms with E-state index in [4.69, 9.17) is 4.74 Å². The van der Waals surface area contributed by atoms with E-state index in [9.17, 15) is 0 Å². The first-order valence-corrected chi connectivity index (χ1v) is 4.91. The zero-order valence-corrected chi connectivity index (χ0v) is 8.88. The number of hydrogen-bond acceptors (Lipinski definition) is 2. The molecule has 0 aromatic heterocycles. The van der Waals surface area contributed by atoms with Crippen LogP contribution in [0.1, 0.15) is 20.3 Å². The Balaban J connectivity index is 3.48. The van der Waals surface area contributed by atoms with Crippen LogP contribution < -0.4 is 0 Å².